The summed E-state index contributed by atoms with van der Waals surface area (Å²) in [6.07, 6.45) is 8.25. The summed E-state index contributed by atoms with van der Waals surface area (Å²) in [5.41, 5.74) is 0. The lowest BCUT2D eigenvalue weighted by atomic mass is 11.0. The van der Waals surface area contributed by atoms with Crippen molar-refractivity contribution in [1.29, 1.82) is 0 Å². The molecule has 40 valence electrons. The summed E-state index contributed by atoms with van der Waals surface area (Å²) in [5.74, 6) is 0. The van der Waals surface area contributed by atoms with Gasteiger partial charge in [-0.25, -0.2) is 0 Å². The molecule has 0 bridgehead atoms. The highest BCUT2D eigenvalue weighted by molar-refractivity contribution is 5.20. The van der Waals surface area contributed by atoms with Crippen LogP contribution >= 0.6 is 0 Å². The molecule has 0 spiro atoms. The maximum atomic E-state index is 8.12. The van der Waals surface area contributed by atoms with Crippen LogP contribution in [0.15, 0.2) is 0 Å². The van der Waals surface area contributed by atoms with Crippen LogP contribution in [-0.4, -0.2) is 6.15 Å². The van der Waals surface area contributed by atoms with Crippen molar-refractivity contribution in [2.75, 3.05) is 0 Å². The molecule has 0 atom stereocenters. The van der Waals surface area contributed by atoms with E-state index in [0.717, 1.165) is 0 Å². The van der Waals surface area contributed by atoms with Gasteiger partial charge in [-0.15, -0.1) is 12.8 Å². The maximum Gasteiger partial charge on any atom is 0.373 e. The van der Waals surface area contributed by atoms with Crippen LogP contribution in [0, 0.1) is 12.8 Å². The first kappa shape index (κ1) is 16.8. The zero-order valence-corrected chi connectivity index (χ0v) is 4.47. The fourth-order valence-electron chi connectivity index (χ4n) is 0. The van der Waals surface area contributed by atoms with Gasteiger partial charge in [-0.05, 0) is 0 Å². The number of carbonyl (C=O) groups excluding carboxylic acids is 2. The Bertz CT molecular complexity index is 48.3. The van der Waals surface area contributed by atoms with Gasteiger partial charge in [0.15, 0.2) is 0 Å². The molecule has 0 radical (unpaired) electrons. The topological polar surface area (TPSA) is 34.1 Å². The Morgan fingerprint density at radius 3 is 1.14 bits per heavy atom. The smallest absolute Gasteiger partial charge is 0.186 e. The van der Waals surface area contributed by atoms with Gasteiger partial charge in [-0.3, -0.25) is 0 Å². The van der Waals surface area contributed by atoms with Gasteiger partial charge < -0.3 is 0 Å². The third-order valence-corrected chi connectivity index (χ3v) is 0. The van der Waals surface area contributed by atoms with Gasteiger partial charge in [-0.2, -0.15) is 9.59 Å². The molecule has 0 fully saturated rings. The molecule has 0 amide bonds. The van der Waals surface area contributed by atoms with E-state index in [2.05, 4.69) is 12.8 Å². The van der Waals surface area contributed by atoms with Crippen LogP contribution in [0.1, 0.15) is 13.8 Å². The summed E-state index contributed by atoms with van der Waals surface area (Å²) in [7, 11) is 0. The lowest BCUT2D eigenvalue weighted by molar-refractivity contribution is -0.191. The molecule has 0 aromatic heterocycles. The molecule has 0 unspecified atom stereocenters. The molecule has 0 N–H and O–H groups in total. The van der Waals surface area contributed by atoms with Gasteiger partial charge in [0.25, 0.3) is 0 Å². The molecule has 0 aliphatic carbocycles. The van der Waals surface area contributed by atoms with Crippen molar-refractivity contribution in [3.05, 3.63) is 0 Å². The van der Waals surface area contributed by atoms with Crippen molar-refractivity contribution in [1.82, 2.24) is 0 Å². The van der Waals surface area contributed by atoms with E-state index in [1.165, 1.54) is 0 Å². The van der Waals surface area contributed by atoms with Crippen molar-refractivity contribution < 1.29 is 9.59 Å². The van der Waals surface area contributed by atoms with E-state index < -0.39 is 0 Å². The lowest BCUT2D eigenvalue weighted by Gasteiger charge is -1.07. The zero-order chi connectivity index (χ0) is 6.71. The van der Waals surface area contributed by atoms with Crippen molar-refractivity contribution in [2.24, 2.45) is 0 Å². The van der Waals surface area contributed by atoms with E-state index in [1.54, 1.807) is 0 Å². The molecule has 0 saturated heterocycles. The predicted octanol–water partition coefficient (Wildman–Crippen LogP) is 0.692. The van der Waals surface area contributed by atoms with E-state index in [-0.39, 0.29) is 6.15 Å². The zero-order valence-electron chi connectivity index (χ0n) is 4.47. The number of hydrogen-bond acceptors (Lipinski definition) is 2. The third kappa shape index (κ3) is 38.0. The molecule has 0 rings (SSSR count). The molecule has 2 heteroatoms. The summed E-state index contributed by atoms with van der Waals surface area (Å²) in [4.78, 5) is 16.2. The van der Waals surface area contributed by atoms with E-state index in [1.807, 2.05) is 13.8 Å². The van der Waals surface area contributed by atoms with Crippen LogP contribution in [0.2, 0.25) is 0 Å². The molecule has 0 aromatic carbocycles. The Balaban J connectivity index is -0.0000000360. The van der Waals surface area contributed by atoms with Crippen molar-refractivity contribution in [3.8, 4) is 12.8 Å². The molecule has 0 heterocycles. The van der Waals surface area contributed by atoms with Gasteiger partial charge in [-0.1, -0.05) is 13.8 Å². The Labute approximate surface area is 43.5 Å². The van der Waals surface area contributed by atoms with Gasteiger partial charge in [0.05, 0.1) is 0 Å². The van der Waals surface area contributed by atoms with Crippen LogP contribution in [0.5, 0.6) is 0 Å². The second-order valence-electron chi connectivity index (χ2n) is 0.0833. The summed E-state index contributed by atoms with van der Waals surface area (Å²) in [5, 5.41) is 0. The average molecular weight is 100 g/mol. The van der Waals surface area contributed by atoms with Gasteiger partial charge in [0.2, 0.25) is 0 Å². The van der Waals surface area contributed by atoms with Crippen molar-refractivity contribution in [2.45, 2.75) is 13.8 Å². The predicted molar refractivity (Wildman–Crippen MR) is 26.2 cm³/mol. The monoisotopic (exact) mass is 100 g/mol. The number of terminal acetylenes is 1. The molecule has 0 aliphatic heterocycles. The summed E-state index contributed by atoms with van der Waals surface area (Å²) < 4.78 is 0. The van der Waals surface area contributed by atoms with Crippen LogP contribution in [0.3, 0.4) is 0 Å². The van der Waals surface area contributed by atoms with E-state index in [9.17, 15) is 0 Å². The molecule has 0 aliphatic rings. The van der Waals surface area contributed by atoms with Crippen LogP contribution < -0.4 is 0 Å². The highest BCUT2D eigenvalue weighted by Gasteiger charge is 1.13. The Hall–Kier alpha value is -1.06. The average Bonchev–Trinajstić information content (AvgIpc) is 1.78. The maximum absolute atomic E-state index is 8.12. The minimum Gasteiger partial charge on any atom is -0.186 e. The molecular formula is C5H8O2. The Kier molecular flexibility index (Phi) is 51000. The van der Waals surface area contributed by atoms with Crippen molar-refractivity contribution >= 4 is 6.15 Å². The Morgan fingerprint density at radius 2 is 1.14 bits per heavy atom. The first-order chi connectivity index (χ1) is 3.41. The second kappa shape index (κ2) is 21300. The first-order valence-electron chi connectivity index (χ1n) is 1.74. The van der Waals surface area contributed by atoms with Gasteiger partial charge >= 0.3 is 6.15 Å². The highest BCUT2D eigenvalue weighted by Crippen LogP contribution is 1.14. The standard InChI is InChI=1S/C2H6.C2H2.CO2/c2*1-2;2-1-3/h1-2H3;1-2H;. The second-order valence-corrected chi connectivity index (χ2v) is 0.0833. The Morgan fingerprint density at radius 1 is 1.14 bits per heavy atom. The molecule has 0 aromatic rings. The summed E-state index contributed by atoms with van der Waals surface area (Å²) in [6, 6.07) is 0. The van der Waals surface area contributed by atoms with E-state index in [0.29, 0.717) is 0 Å². The fraction of sp³-hybridized carbons (Fsp3) is 0.400. The SMILES string of the molecule is C#C.CC.O=C=O. The van der Waals surface area contributed by atoms with E-state index in [4.69, 9.17) is 9.59 Å². The first-order valence-corrected chi connectivity index (χ1v) is 1.74. The van der Waals surface area contributed by atoms with Crippen LogP contribution in [0.4, 0.5) is 0 Å². The molecule has 0 saturated carbocycles. The minimum atomic E-state index is 0.250. The minimum absolute atomic E-state index is 0.250. The molecular weight excluding hydrogens is 92.1 g/mol. The third-order valence-electron chi connectivity index (χ3n) is 0. The highest BCUT2D eigenvalue weighted by atomic mass is 16.2. The summed E-state index contributed by atoms with van der Waals surface area (Å²) >= 11 is 0. The van der Waals surface area contributed by atoms with Crippen LogP contribution in [0.25, 0.3) is 0 Å². The number of rotatable bonds is 0. The van der Waals surface area contributed by atoms with Crippen LogP contribution in [-0.2, 0) is 9.59 Å². The fourth-order valence-corrected chi connectivity index (χ4v) is 0. The van der Waals surface area contributed by atoms with Gasteiger partial charge in [0, 0.05) is 0 Å². The molecule has 2 nitrogen and oxygen atoms in total. The molecule has 7 heavy (non-hydrogen) atoms. The van der Waals surface area contributed by atoms with E-state index >= 15 is 0 Å². The van der Waals surface area contributed by atoms with Gasteiger partial charge in [0.1, 0.15) is 0 Å². The summed E-state index contributed by atoms with van der Waals surface area (Å²) in [6.45, 7) is 4.00. The van der Waals surface area contributed by atoms with Crippen molar-refractivity contribution in [3.63, 3.8) is 0 Å². The number of hydrogen-bond donors (Lipinski definition) is 0. The normalized spacial score (nSPS) is 2.29. The lowest BCUT2D eigenvalue weighted by Crippen LogP contribution is -1.22. The quantitative estimate of drug-likeness (QED) is 0.420. The largest absolute Gasteiger partial charge is 0.373 e.